The van der Waals surface area contributed by atoms with Gasteiger partial charge in [-0.2, -0.15) is 0 Å². The predicted octanol–water partition coefficient (Wildman–Crippen LogP) is 0.544. The van der Waals surface area contributed by atoms with E-state index < -0.39 is 0 Å². The Hall–Kier alpha value is -0.650. The topological polar surface area (TPSA) is 59.6 Å². The lowest BCUT2D eigenvalue weighted by Crippen LogP contribution is -2.43. The van der Waals surface area contributed by atoms with Crippen molar-refractivity contribution in [3.63, 3.8) is 0 Å². The first-order valence-corrected chi connectivity index (χ1v) is 6.81. The monoisotopic (exact) mass is 258 g/mol. The van der Waals surface area contributed by atoms with Crippen LogP contribution in [0.5, 0.6) is 0 Å². The molecule has 5 nitrogen and oxygen atoms in total. The molecule has 0 saturated carbocycles. The van der Waals surface area contributed by atoms with Crippen molar-refractivity contribution < 1.29 is 14.3 Å². The first-order chi connectivity index (χ1) is 8.74. The van der Waals surface area contributed by atoms with Gasteiger partial charge in [-0.25, -0.2) is 0 Å². The Morgan fingerprint density at radius 3 is 3.00 bits per heavy atom. The van der Waals surface area contributed by atoms with Crippen molar-refractivity contribution in [3.05, 3.63) is 0 Å². The second-order valence-electron chi connectivity index (χ2n) is 4.83. The molecule has 0 aliphatic carbocycles. The molecule has 5 heteroatoms. The first-order valence-electron chi connectivity index (χ1n) is 6.81. The highest BCUT2D eigenvalue weighted by Crippen LogP contribution is 2.15. The minimum atomic E-state index is -0.130. The molecule has 1 fully saturated rings. The molecule has 1 amide bonds. The molecule has 2 unspecified atom stereocenters. The van der Waals surface area contributed by atoms with Gasteiger partial charge in [0.15, 0.2) is 0 Å². The Bertz CT molecular complexity index is 230. The highest BCUT2D eigenvalue weighted by atomic mass is 16.5. The average Bonchev–Trinajstić information content (AvgIpc) is 2.87. The van der Waals surface area contributed by atoms with Gasteiger partial charge in [-0.3, -0.25) is 4.79 Å². The zero-order valence-corrected chi connectivity index (χ0v) is 11.5. The van der Waals surface area contributed by atoms with Crippen molar-refractivity contribution in [1.29, 1.82) is 0 Å². The molecule has 0 aromatic rings. The van der Waals surface area contributed by atoms with Crippen LogP contribution in [0.3, 0.4) is 0 Å². The fraction of sp³-hybridized carbons (Fsp3) is 0.923. The number of methoxy groups -OCH3 is 1. The van der Waals surface area contributed by atoms with Crippen LogP contribution in [0.2, 0.25) is 0 Å². The van der Waals surface area contributed by atoms with Crippen molar-refractivity contribution >= 4 is 5.91 Å². The Morgan fingerprint density at radius 1 is 1.50 bits per heavy atom. The maximum atomic E-state index is 11.7. The summed E-state index contributed by atoms with van der Waals surface area (Å²) in [6, 6.07) is -0.130. The summed E-state index contributed by atoms with van der Waals surface area (Å²) in [6.45, 7) is 5.90. The lowest BCUT2D eigenvalue weighted by Gasteiger charge is -2.15. The standard InChI is InChI=1S/C13H26N2O3/c1-11(13(16)15-6-3-8-17-2)14-7-4-12-5-9-18-10-12/h11-12,14H,3-10H2,1-2H3,(H,15,16). The number of hydrogen-bond acceptors (Lipinski definition) is 4. The molecule has 1 saturated heterocycles. The van der Waals surface area contributed by atoms with Crippen molar-refractivity contribution in [2.45, 2.75) is 32.2 Å². The van der Waals surface area contributed by atoms with Gasteiger partial charge in [0.05, 0.1) is 6.04 Å². The number of hydrogen-bond donors (Lipinski definition) is 2. The summed E-state index contributed by atoms with van der Waals surface area (Å²) in [6.07, 6.45) is 3.09. The van der Waals surface area contributed by atoms with E-state index in [4.69, 9.17) is 9.47 Å². The second-order valence-corrected chi connectivity index (χ2v) is 4.83. The molecule has 1 heterocycles. The number of amides is 1. The summed E-state index contributed by atoms with van der Waals surface area (Å²) >= 11 is 0. The van der Waals surface area contributed by atoms with E-state index in [1.54, 1.807) is 7.11 Å². The van der Waals surface area contributed by atoms with Gasteiger partial charge in [0, 0.05) is 33.5 Å². The fourth-order valence-corrected chi connectivity index (χ4v) is 1.99. The van der Waals surface area contributed by atoms with Crippen molar-refractivity contribution in [1.82, 2.24) is 10.6 Å². The van der Waals surface area contributed by atoms with E-state index in [2.05, 4.69) is 10.6 Å². The highest BCUT2D eigenvalue weighted by Gasteiger charge is 2.16. The lowest BCUT2D eigenvalue weighted by atomic mass is 10.1. The number of ether oxygens (including phenoxy) is 2. The van der Waals surface area contributed by atoms with Crippen molar-refractivity contribution in [3.8, 4) is 0 Å². The Labute approximate surface area is 110 Å². The molecule has 1 rings (SSSR count). The number of rotatable bonds is 9. The lowest BCUT2D eigenvalue weighted by molar-refractivity contribution is -0.122. The SMILES string of the molecule is COCCCNC(=O)C(C)NCCC1CCOC1. The molecular weight excluding hydrogens is 232 g/mol. The predicted molar refractivity (Wildman–Crippen MR) is 70.5 cm³/mol. The van der Waals surface area contributed by atoms with Crippen LogP contribution in [0.25, 0.3) is 0 Å². The third-order valence-electron chi connectivity index (χ3n) is 3.24. The molecule has 0 aromatic carbocycles. The van der Waals surface area contributed by atoms with E-state index in [0.717, 1.165) is 39.0 Å². The molecule has 18 heavy (non-hydrogen) atoms. The molecule has 0 spiro atoms. The normalized spacial score (nSPS) is 20.9. The van der Waals surface area contributed by atoms with Crippen LogP contribution in [-0.2, 0) is 14.3 Å². The van der Waals surface area contributed by atoms with Crippen LogP contribution in [0.15, 0.2) is 0 Å². The van der Waals surface area contributed by atoms with Crippen molar-refractivity contribution in [2.24, 2.45) is 5.92 Å². The van der Waals surface area contributed by atoms with E-state index in [9.17, 15) is 4.79 Å². The smallest absolute Gasteiger partial charge is 0.236 e. The van der Waals surface area contributed by atoms with Gasteiger partial charge < -0.3 is 20.1 Å². The Balaban J connectivity index is 2.00. The van der Waals surface area contributed by atoms with Gasteiger partial charge in [0.1, 0.15) is 0 Å². The van der Waals surface area contributed by atoms with Crippen LogP contribution in [0, 0.1) is 5.92 Å². The van der Waals surface area contributed by atoms with Crippen LogP contribution in [-0.4, -0.2) is 52.0 Å². The average molecular weight is 258 g/mol. The van der Waals surface area contributed by atoms with Gasteiger partial charge in [0.25, 0.3) is 0 Å². The minimum absolute atomic E-state index is 0.0637. The van der Waals surface area contributed by atoms with Gasteiger partial charge >= 0.3 is 0 Å². The van der Waals surface area contributed by atoms with E-state index in [1.807, 2.05) is 6.92 Å². The molecule has 1 aliphatic heterocycles. The summed E-state index contributed by atoms with van der Waals surface area (Å²) in [7, 11) is 1.67. The van der Waals surface area contributed by atoms with Crippen LogP contribution in [0.1, 0.15) is 26.2 Å². The zero-order chi connectivity index (χ0) is 13.2. The molecule has 106 valence electrons. The number of carbonyl (C=O) groups is 1. The molecule has 2 N–H and O–H groups in total. The summed E-state index contributed by atoms with van der Waals surface area (Å²) in [5.74, 6) is 0.725. The molecule has 2 atom stereocenters. The van der Waals surface area contributed by atoms with Crippen LogP contribution < -0.4 is 10.6 Å². The van der Waals surface area contributed by atoms with Gasteiger partial charge in [-0.15, -0.1) is 0 Å². The quantitative estimate of drug-likeness (QED) is 0.593. The molecule has 1 aliphatic rings. The van der Waals surface area contributed by atoms with Crippen LogP contribution >= 0.6 is 0 Å². The Kier molecular flexibility index (Phi) is 7.96. The maximum Gasteiger partial charge on any atom is 0.236 e. The fourth-order valence-electron chi connectivity index (χ4n) is 1.99. The minimum Gasteiger partial charge on any atom is -0.385 e. The summed E-state index contributed by atoms with van der Waals surface area (Å²) in [4.78, 5) is 11.7. The largest absolute Gasteiger partial charge is 0.385 e. The summed E-state index contributed by atoms with van der Waals surface area (Å²) < 4.78 is 10.2. The van der Waals surface area contributed by atoms with Gasteiger partial charge in [-0.1, -0.05) is 0 Å². The molecule has 0 aromatic heterocycles. The number of nitrogens with one attached hydrogen (secondary N) is 2. The third kappa shape index (κ3) is 6.33. The van der Waals surface area contributed by atoms with E-state index in [0.29, 0.717) is 19.1 Å². The zero-order valence-electron chi connectivity index (χ0n) is 11.5. The Morgan fingerprint density at radius 2 is 2.33 bits per heavy atom. The van der Waals surface area contributed by atoms with Crippen molar-refractivity contribution in [2.75, 3.05) is 40.0 Å². The summed E-state index contributed by atoms with van der Waals surface area (Å²) in [5, 5.41) is 6.14. The molecule has 0 radical (unpaired) electrons. The van der Waals surface area contributed by atoms with E-state index in [1.165, 1.54) is 0 Å². The highest BCUT2D eigenvalue weighted by molar-refractivity contribution is 5.81. The maximum absolute atomic E-state index is 11.7. The third-order valence-corrected chi connectivity index (χ3v) is 3.24. The van der Waals surface area contributed by atoms with E-state index in [-0.39, 0.29) is 11.9 Å². The first kappa shape index (κ1) is 15.4. The number of carbonyl (C=O) groups excluding carboxylic acids is 1. The van der Waals surface area contributed by atoms with Gasteiger partial charge in [0.2, 0.25) is 5.91 Å². The second kappa shape index (κ2) is 9.30. The van der Waals surface area contributed by atoms with E-state index >= 15 is 0 Å². The molecule has 0 bridgehead atoms. The summed E-state index contributed by atoms with van der Waals surface area (Å²) in [5.41, 5.74) is 0. The van der Waals surface area contributed by atoms with Gasteiger partial charge in [-0.05, 0) is 38.6 Å². The van der Waals surface area contributed by atoms with Crippen LogP contribution in [0.4, 0.5) is 0 Å². The molecular formula is C13H26N2O3.